The van der Waals surface area contributed by atoms with Crippen molar-refractivity contribution < 1.29 is 0 Å². The fourth-order valence-corrected chi connectivity index (χ4v) is 2.55. The monoisotopic (exact) mass is 200 g/mol. The molecule has 1 unspecified atom stereocenters. The predicted octanol–water partition coefficient (Wildman–Crippen LogP) is 2.61. The zero-order valence-electron chi connectivity index (χ0n) is 9.25. The van der Waals surface area contributed by atoms with Crippen molar-refractivity contribution >= 4 is 10.9 Å². The maximum Gasteiger partial charge on any atom is 0.0488 e. The van der Waals surface area contributed by atoms with E-state index in [-0.39, 0.29) is 0 Å². The Labute approximate surface area is 89.9 Å². The average Bonchev–Trinajstić information content (AvgIpc) is 2.57. The van der Waals surface area contributed by atoms with Crippen LogP contribution in [0.25, 0.3) is 10.9 Å². The molecule has 2 heteroatoms. The highest BCUT2D eigenvalue weighted by molar-refractivity contribution is 5.82. The van der Waals surface area contributed by atoms with Crippen molar-refractivity contribution in [3.63, 3.8) is 0 Å². The normalized spacial score (nSPS) is 20.5. The fourth-order valence-electron chi connectivity index (χ4n) is 2.55. The molecule has 0 spiro atoms. The Hall–Kier alpha value is -1.28. The molecule has 2 aromatic rings. The number of hydrogen-bond acceptors (Lipinski definition) is 1. The highest BCUT2D eigenvalue weighted by Crippen LogP contribution is 2.27. The average molecular weight is 200 g/mol. The third kappa shape index (κ3) is 1.29. The molecule has 0 saturated heterocycles. The number of aromatic nitrogens is 1. The van der Waals surface area contributed by atoms with Gasteiger partial charge in [0.15, 0.2) is 0 Å². The van der Waals surface area contributed by atoms with Gasteiger partial charge in [0.05, 0.1) is 0 Å². The van der Waals surface area contributed by atoms with Crippen molar-refractivity contribution in [1.29, 1.82) is 0 Å². The van der Waals surface area contributed by atoms with E-state index in [1.165, 1.54) is 22.2 Å². The second-order valence-corrected chi connectivity index (χ2v) is 4.55. The number of rotatable bonds is 0. The molecule has 0 amide bonds. The van der Waals surface area contributed by atoms with Crippen LogP contribution in [0.5, 0.6) is 0 Å². The van der Waals surface area contributed by atoms with Crippen molar-refractivity contribution in [1.82, 2.24) is 9.88 Å². The first-order chi connectivity index (χ1) is 7.25. The lowest BCUT2D eigenvalue weighted by atomic mass is 10.2. The van der Waals surface area contributed by atoms with E-state index in [1.54, 1.807) is 0 Å². The van der Waals surface area contributed by atoms with Crippen LogP contribution in [-0.2, 0) is 6.54 Å². The number of fused-ring (bicyclic) bond motifs is 3. The second-order valence-electron chi connectivity index (χ2n) is 4.55. The van der Waals surface area contributed by atoms with E-state index in [9.17, 15) is 0 Å². The van der Waals surface area contributed by atoms with E-state index in [0.717, 1.165) is 13.1 Å². The van der Waals surface area contributed by atoms with E-state index in [2.05, 4.69) is 48.0 Å². The summed E-state index contributed by atoms with van der Waals surface area (Å²) in [5, 5.41) is 4.81. The molecule has 1 aliphatic rings. The lowest BCUT2D eigenvalue weighted by Crippen LogP contribution is -2.30. The van der Waals surface area contributed by atoms with Crippen LogP contribution < -0.4 is 5.32 Å². The van der Waals surface area contributed by atoms with E-state index < -0.39 is 0 Å². The first-order valence-corrected chi connectivity index (χ1v) is 5.57. The molecule has 0 bridgehead atoms. The molecule has 1 aliphatic heterocycles. The highest BCUT2D eigenvalue weighted by atomic mass is 15.1. The Kier molecular flexibility index (Phi) is 1.86. The van der Waals surface area contributed by atoms with Crippen molar-refractivity contribution in [2.24, 2.45) is 0 Å². The summed E-state index contributed by atoms with van der Waals surface area (Å²) in [7, 11) is 0. The van der Waals surface area contributed by atoms with Gasteiger partial charge in [-0.3, -0.25) is 0 Å². The van der Waals surface area contributed by atoms with E-state index >= 15 is 0 Å². The summed E-state index contributed by atoms with van der Waals surface area (Å²) in [5.74, 6) is 0. The van der Waals surface area contributed by atoms with Gasteiger partial charge in [-0.25, -0.2) is 0 Å². The molecule has 2 heterocycles. The summed E-state index contributed by atoms with van der Waals surface area (Å²) < 4.78 is 2.47. The van der Waals surface area contributed by atoms with Gasteiger partial charge in [-0.2, -0.15) is 0 Å². The minimum Gasteiger partial charge on any atom is -0.339 e. The van der Waals surface area contributed by atoms with Crippen LogP contribution in [0.1, 0.15) is 24.2 Å². The van der Waals surface area contributed by atoms with E-state index in [4.69, 9.17) is 0 Å². The van der Waals surface area contributed by atoms with Crippen molar-refractivity contribution in [2.45, 2.75) is 26.4 Å². The van der Waals surface area contributed by atoms with Crippen molar-refractivity contribution in [3.05, 3.63) is 35.5 Å². The molecule has 1 aromatic heterocycles. The Morgan fingerprint density at radius 3 is 3.07 bits per heavy atom. The van der Waals surface area contributed by atoms with Crippen LogP contribution >= 0.6 is 0 Å². The number of nitrogens with zero attached hydrogens (tertiary/aromatic N) is 1. The second kappa shape index (κ2) is 3.11. The lowest BCUT2D eigenvalue weighted by Gasteiger charge is -2.24. The summed E-state index contributed by atoms with van der Waals surface area (Å²) in [5.41, 5.74) is 4.14. The van der Waals surface area contributed by atoms with Gasteiger partial charge >= 0.3 is 0 Å². The number of aryl methyl sites for hydroxylation is 1. The molecular formula is C13H16N2. The SMILES string of the molecule is Cc1ccc2cc3n(c2c1)C(C)CNC3. The van der Waals surface area contributed by atoms with Gasteiger partial charge in [-0.15, -0.1) is 0 Å². The number of benzene rings is 1. The van der Waals surface area contributed by atoms with Gasteiger partial charge in [0.2, 0.25) is 0 Å². The zero-order valence-corrected chi connectivity index (χ0v) is 9.25. The van der Waals surface area contributed by atoms with Gasteiger partial charge in [0.1, 0.15) is 0 Å². The zero-order chi connectivity index (χ0) is 10.4. The van der Waals surface area contributed by atoms with Gasteiger partial charge in [-0.05, 0) is 36.9 Å². The van der Waals surface area contributed by atoms with Gasteiger partial charge < -0.3 is 9.88 Å². The van der Waals surface area contributed by atoms with Crippen LogP contribution in [0.3, 0.4) is 0 Å². The maximum atomic E-state index is 3.45. The molecule has 15 heavy (non-hydrogen) atoms. The Balaban J connectivity index is 2.33. The van der Waals surface area contributed by atoms with Crippen LogP contribution in [0.2, 0.25) is 0 Å². The number of nitrogens with one attached hydrogen (secondary N) is 1. The summed E-state index contributed by atoms with van der Waals surface area (Å²) in [6, 6.07) is 9.57. The molecule has 1 aromatic carbocycles. The highest BCUT2D eigenvalue weighted by Gasteiger charge is 2.17. The molecule has 0 saturated carbocycles. The van der Waals surface area contributed by atoms with Crippen molar-refractivity contribution in [3.8, 4) is 0 Å². The quantitative estimate of drug-likeness (QED) is 0.691. The third-order valence-electron chi connectivity index (χ3n) is 3.26. The van der Waals surface area contributed by atoms with E-state index in [0.29, 0.717) is 6.04 Å². The largest absolute Gasteiger partial charge is 0.339 e. The van der Waals surface area contributed by atoms with Gasteiger partial charge in [-0.1, -0.05) is 12.1 Å². The topological polar surface area (TPSA) is 17.0 Å². The van der Waals surface area contributed by atoms with Gasteiger partial charge in [0, 0.05) is 30.3 Å². The Morgan fingerprint density at radius 1 is 1.33 bits per heavy atom. The molecule has 3 rings (SSSR count). The third-order valence-corrected chi connectivity index (χ3v) is 3.26. The minimum absolute atomic E-state index is 0.563. The first-order valence-electron chi connectivity index (χ1n) is 5.57. The van der Waals surface area contributed by atoms with E-state index in [1.807, 2.05) is 0 Å². The Morgan fingerprint density at radius 2 is 2.20 bits per heavy atom. The summed E-state index contributed by atoms with van der Waals surface area (Å²) in [4.78, 5) is 0. The van der Waals surface area contributed by atoms with Gasteiger partial charge in [0.25, 0.3) is 0 Å². The van der Waals surface area contributed by atoms with Crippen LogP contribution in [0.15, 0.2) is 24.3 Å². The van der Waals surface area contributed by atoms with Crippen LogP contribution in [0.4, 0.5) is 0 Å². The summed E-state index contributed by atoms with van der Waals surface area (Å²) in [6.45, 7) is 6.51. The molecule has 1 N–H and O–H groups in total. The van der Waals surface area contributed by atoms with Crippen LogP contribution in [0, 0.1) is 6.92 Å². The molecule has 78 valence electrons. The molecule has 2 nitrogen and oxygen atoms in total. The molecule has 0 fully saturated rings. The first kappa shape index (κ1) is 8.98. The number of hydrogen-bond donors (Lipinski definition) is 1. The van der Waals surface area contributed by atoms with Crippen LogP contribution in [-0.4, -0.2) is 11.1 Å². The maximum absolute atomic E-state index is 3.45. The van der Waals surface area contributed by atoms with Crippen molar-refractivity contribution in [2.75, 3.05) is 6.54 Å². The summed E-state index contributed by atoms with van der Waals surface area (Å²) in [6.07, 6.45) is 0. The minimum atomic E-state index is 0.563. The molecule has 0 aliphatic carbocycles. The fraction of sp³-hybridized carbons (Fsp3) is 0.385. The molecule has 1 atom stereocenters. The molecule has 0 radical (unpaired) electrons. The lowest BCUT2D eigenvalue weighted by molar-refractivity contribution is 0.439. The standard InChI is InChI=1S/C13H16N2/c1-9-3-4-11-6-12-8-14-7-10(2)15(12)13(11)5-9/h3-6,10,14H,7-8H2,1-2H3. The smallest absolute Gasteiger partial charge is 0.0488 e. The predicted molar refractivity (Wildman–Crippen MR) is 63.1 cm³/mol. The molecular weight excluding hydrogens is 184 g/mol. The Bertz CT molecular complexity index is 510. The summed E-state index contributed by atoms with van der Waals surface area (Å²) >= 11 is 0.